The molecule has 0 radical (unpaired) electrons. The largest absolute Gasteiger partial charge is 0.368 e. The Morgan fingerprint density at radius 2 is 2.29 bits per heavy atom. The second-order valence-electron chi connectivity index (χ2n) is 3.92. The van der Waals surface area contributed by atoms with Crippen LogP contribution in [-0.2, 0) is 6.54 Å². The molecule has 2 aromatic rings. The summed E-state index contributed by atoms with van der Waals surface area (Å²) in [6.45, 7) is 5.17. The van der Waals surface area contributed by atoms with Crippen LogP contribution in [0.2, 0.25) is 0 Å². The molecule has 0 spiro atoms. The number of nitrogens with zero attached hydrogens (tertiary/aromatic N) is 3. The molecule has 0 atom stereocenters. The maximum absolute atomic E-state index is 11.2. The van der Waals surface area contributed by atoms with Crippen LogP contribution >= 0.6 is 0 Å². The lowest BCUT2D eigenvalue weighted by Gasteiger charge is -2.05. The summed E-state index contributed by atoms with van der Waals surface area (Å²) < 4.78 is 1.85. The average molecular weight is 233 g/mol. The normalized spacial score (nSPS) is 10.5. The van der Waals surface area contributed by atoms with Gasteiger partial charge in [-0.05, 0) is 19.4 Å². The molecule has 0 fully saturated rings. The number of anilines is 1. The summed E-state index contributed by atoms with van der Waals surface area (Å²) in [5.41, 5.74) is 0.991. The van der Waals surface area contributed by atoms with E-state index >= 15 is 0 Å². The zero-order valence-electron chi connectivity index (χ0n) is 9.90. The van der Waals surface area contributed by atoms with Crippen LogP contribution in [-0.4, -0.2) is 26.3 Å². The zero-order chi connectivity index (χ0) is 12.3. The number of aromatic nitrogens is 4. The van der Waals surface area contributed by atoms with Gasteiger partial charge in [0.25, 0.3) is 5.56 Å². The van der Waals surface area contributed by atoms with E-state index in [2.05, 4.69) is 20.4 Å². The molecule has 2 heterocycles. The van der Waals surface area contributed by atoms with Crippen LogP contribution in [0.4, 0.5) is 5.82 Å². The van der Waals surface area contributed by atoms with Gasteiger partial charge in [0.2, 0.25) is 0 Å². The summed E-state index contributed by atoms with van der Waals surface area (Å²) in [5.74, 6) is 1.20. The summed E-state index contributed by atoms with van der Waals surface area (Å²) in [7, 11) is 0. The van der Waals surface area contributed by atoms with Crippen LogP contribution < -0.4 is 10.9 Å². The molecule has 0 bridgehead atoms. The van der Waals surface area contributed by atoms with E-state index in [0.717, 1.165) is 12.1 Å². The van der Waals surface area contributed by atoms with Crippen LogP contribution in [0.15, 0.2) is 23.3 Å². The molecule has 0 aliphatic rings. The second kappa shape index (κ2) is 4.82. The van der Waals surface area contributed by atoms with Crippen molar-refractivity contribution in [2.45, 2.75) is 20.4 Å². The highest BCUT2D eigenvalue weighted by molar-refractivity contribution is 5.32. The van der Waals surface area contributed by atoms with Crippen molar-refractivity contribution < 1.29 is 0 Å². The van der Waals surface area contributed by atoms with Crippen molar-refractivity contribution in [2.24, 2.45) is 0 Å². The number of H-pyrrole nitrogens is 1. The number of aromatic amines is 1. The molecule has 0 unspecified atom stereocenters. The van der Waals surface area contributed by atoms with Crippen molar-refractivity contribution in [2.75, 3.05) is 11.9 Å². The van der Waals surface area contributed by atoms with Gasteiger partial charge in [-0.3, -0.25) is 9.48 Å². The summed E-state index contributed by atoms with van der Waals surface area (Å²) >= 11 is 0. The van der Waals surface area contributed by atoms with Crippen LogP contribution in [0.1, 0.15) is 11.4 Å². The van der Waals surface area contributed by atoms with E-state index in [1.165, 1.54) is 6.07 Å². The van der Waals surface area contributed by atoms with Crippen molar-refractivity contribution in [3.05, 3.63) is 40.2 Å². The third-order valence-corrected chi connectivity index (χ3v) is 2.27. The highest BCUT2D eigenvalue weighted by atomic mass is 16.1. The monoisotopic (exact) mass is 233 g/mol. The molecule has 0 aliphatic heterocycles. The fraction of sp³-hybridized carbons (Fsp3) is 0.364. The molecule has 90 valence electrons. The number of hydrogen-bond donors (Lipinski definition) is 2. The quantitative estimate of drug-likeness (QED) is 0.815. The van der Waals surface area contributed by atoms with Gasteiger partial charge < -0.3 is 10.3 Å². The SMILES string of the molecule is Cc1cnn(CCNc2cc(=O)[nH]c(C)n2)c1. The Morgan fingerprint density at radius 1 is 1.47 bits per heavy atom. The first-order valence-electron chi connectivity index (χ1n) is 5.44. The van der Waals surface area contributed by atoms with E-state index in [1.54, 1.807) is 6.92 Å². The molecule has 2 rings (SSSR count). The summed E-state index contributed by atoms with van der Waals surface area (Å²) in [5, 5.41) is 7.26. The number of nitrogens with one attached hydrogen (secondary N) is 2. The number of rotatable bonds is 4. The van der Waals surface area contributed by atoms with Crippen molar-refractivity contribution in [1.29, 1.82) is 0 Å². The lowest BCUT2D eigenvalue weighted by Crippen LogP contribution is -2.15. The molecule has 6 nitrogen and oxygen atoms in total. The van der Waals surface area contributed by atoms with Gasteiger partial charge in [0.1, 0.15) is 11.6 Å². The predicted molar refractivity (Wildman–Crippen MR) is 65.0 cm³/mol. The van der Waals surface area contributed by atoms with Gasteiger partial charge in [0.05, 0.1) is 12.7 Å². The van der Waals surface area contributed by atoms with Crippen LogP contribution in [0.25, 0.3) is 0 Å². The van der Waals surface area contributed by atoms with Crippen LogP contribution in [0, 0.1) is 13.8 Å². The molecule has 0 aliphatic carbocycles. The summed E-state index contributed by atoms with van der Waals surface area (Å²) in [6.07, 6.45) is 3.79. The first-order valence-corrected chi connectivity index (χ1v) is 5.44. The fourth-order valence-corrected chi connectivity index (χ4v) is 1.56. The topological polar surface area (TPSA) is 75.6 Å². The van der Waals surface area contributed by atoms with E-state index in [9.17, 15) is 4.79 Å². The average Bonchev–Trinajstić information content (AvgIpc) is 2.63. The second-order valence-corrected chi connectivity index (χ2v) is 3.92. The molecule has 0 amide bonds. The maximum Gasteiger partial charge on any atom is 0.252 e. The zero-order valence-corrected chi connectivity index (χ0v) is 9.90. The van der Waals surface area contributed by atoms with Gasteiger partial charge >= 0.3 is 0 Å². The Balaban J connectivity index is 1.92. The van der Waals surface area contributed by atoms with E-state index in [0.29, 0.717) is 18.2 Å². The van der Waals surface area contributed by atoms with Crippen LogP contribution in [0.5, 0.6) is 0 Å². The third-order valence-electron chi connectivity index (χ3n) is 2.27. The Bertz CT molecular complexity index is 557. The van der Waals surface area contributed by atoms with E-state index in [-0.39, 0.29) is 5.56 Å². The molecule has 0 saturated carbocycles. The van der Waals surface area contributed by atoms with E-state index < -0.39 is 0 Å². The van der Waals surface area contributed by atoms with Gasteiger partial charge in [-0.15, -0.1) is 0 Å². The summed E-state index contributed by atoms with van der Waals surface area (Å²) in [6, 6.07) is 1.45. The lowest BCUT2D eigenvalue weighted by molar-refractivity contribution is 0.636. The van der Waals surface area contributed by atoms with Crippen molar-refractivity contribution in [3.8, 4) is 0 Å². The first kappa shape index (κ1) is 11.4. The number of aryl methyl sites for hydroxylation is 2. The Labute approximate surface area is 98.7 Å². The highest BCUT2D eigenvalue weighted by Crippen LogP contribution is 1.98. The van der Waals surface area contributed by atoms with Crippen molar-refractivity contribution in [3.63, 3.8) is 0 Å². The smallest absolute Gasteiger partial charge is 0.252 e. The third kappa shape index (κ3) is 3.17. The highest BCUT2D eigenvalue weighted by Gasteiger charge is 1.98. The van der Waals surface area contributed by atoms with E-state index in [1.807, 2.05) is 24.0 Å². The minimum absolute atomic E-state index is 0.144. The standard InChI is InChI=1S/C11H15N5O/c1-8-6-13-16(7-8)4-3-12-10-5-11(17)15-9(2)14-10/h5-7H,3-4H2,1-2H3,(H2,12,14,15,17). The first-order chi connectivity index (χ1) is 8.13. The van der Waals surface area contributed by atoms with Gasteiger partial charge in [-0.25, -0.2) is 4.98 Å². The van der Waals surface area contributed by atoms with E-state index in [4.69, 9.17) is 0 Å². The molecule has 2 aromatic heterocycles. The molecule has 6 heteroatoms. The van der Waals surface area contributed by atoms with Gasteiger partial charge in [0, 0.05) is 18.8 Å². The molecule has 0 saturated heterocycles. The van der Waals surface area contributed by atoms with Gasteiger partial charge in [-0.1, -0.05) is 0 Å². The van der Waals surface area contributed by atoms with Gasteiger partial charge in [0.15, 0.2) is 0 Å². The molecule has 0 aromatic carbocycles. The molecule has 2 N–H and O–H groups in total. The molecule has 17 heavy (non-hydrogen) atoms. The Hall–Kier alpha value is -2.11. The lowest BCUT2D eigenvalue weighted by atomic mass is 10.4. The molecular weight excluding hydrogens is 218 g/mol. The minimum Gasteiger partial charge on any atom is -0.368 e. The Morgan fingerprint density at radius 3 is 2.94 bits per heavy atom. The fourth-order valence-electron chi connectivity index (χ4n) is 1.56. The minimum atomic E-state index is -0.144. The van der Waals surface area contributed by atoms with Crippen molar-refractivity contribution in [1.82, 2.24) is 19.7 Å². The predicted octanol–water partition coefficient (Wildman–Crippen LogP) is 0.695. The van der Waals surface area contributed by atoms with Crippen molar-refractivity contribution >= 4 is 5.82 Å². The maximum atomic E-state index is 11.2. The summed E-state index contributed by atoms with van der Waals surface area (Å²) in [4.78, 5) is 18.0. The Kier molecular flexibility index (Phi) is 3.22. The van der Waals surface area contributed by atoms with Crippen LogP contribution in [0.3, 0.4) is 0 Å². The van der Waals surface area contributed by atoms with Gasteiger partial charge in [-0.2, -0.15) is 5.10 Å². The molecular formula is C11H15N5O. The number of hydrogen-bond acceptors (Lipinski definition) is 4.